The number of fused-ring (bicyclic) bond motifs is 1. The number of nitrogens with zero attached hydrogens (tertiary/aromatic N) is 2. The van der Waals surface area contributed by atoms with Gasteiger partial charge in [-0.15, -0.1) is 0 Å². The molecule has 0 aromatic carbocycles. The molecular formula is C13H16ClN3. The molecule has 0 amide bonds. The number of H-pyrrole nitrogens is 1. The molecule has 1 saturated heterocycles. The molecule has 0 aliphatic carbocycles. The lowest BCUT2D eigenvalue weighted by atomic mass is 10.1. The Morgan fingerprint density at radius 3 is 2.88 bits per heavy atom. The van der Waals surface area contributed by atoms with E-state index in [1.54, 1.807) is 6.20 Å². The maximum absolute atomic E-state index is 6.06. The van der Waals surface area contributed by atoms with Crippen molar-refractivity contribution < 1.29 is 0 Å². The van der Waals surface area contributed by atoms with E-state index in [0.29, 0.717) is 5.15 Å². The van der Waals surface area contributed by atoms with Gasteiger partial charge in [-0.05, 0) is 38.1 Å². The van der Waals surface area contributed by atoms with Crippen LogP contribution in [-0.4, -0.2) is 28.0 Å². The molecule has 1 fully saturated rings. The highest BCUT2D eigenvalue weighted by molar-refractivity contribution is 6.33. The standard InChI is InChI=1S/C13H16ClN3/c14-13-12-10(4-5-15-13)8-11(16-12)9-17-6-2-1-3-7-17/h4-5,8,16H,1-3,6-7,9H2. The smallest absolute Gasteiger partial charge is 0.153 e. The molecule has 1 aliphatic heterocycles. The van der Waals surface area contributed by atoms with Gasteiger partial charge in [-0.2, -0.15) is 0 Å². The first-order valence-corrected chi connectivity index (χ1v) is 6.55. The zero-order valence-corrected chi connectivity index (χ0v) is 10.5. The average Bonchev–Trinajstić information content (AvgIpc) is 2.74. The Hall–Kier alpha value is -1.06. The van der Waals surface area contributed by atoms with Crippen LogP contribution in [-0.2, 0) is 6.54 Å². The number of halogens is 1. The van der Waals surface area contributed by atoms with Gasteiger partial charge in [-0.25, -0.2) is 4.98 Å². The Kier molecular flexibility index (Phi) is 3.04. The SMILES string of the molecule is Clc1nccc2cc(CN3CCCCC3)[nH]c12. The second-order valence-corrected chi connectivity index (χ2v) is 5.06. The van der Waals surface area contributed by atoms with Crippen LogP contribution >= 0.6 is 11.6 Å². The van der Waals surface area contributed by atoms with E-state index >= 15 is 0 Å². The van der Waals surface area contributed by atoms with E-state index in [-0.39, 0.29) is 0 Å². The highest BCUT2D eigenvalue weighted by Crippen LogP contribution is 2.22. The lowest BCUT2D eigenvalue weighted by molar-refractivity contribution is 0.219. The zero-order valence-electron chi connectivity index (χ0n) is 9.75. The Labute approximate surface area is 106 Å². The summed E-state index contributed by atoms with van der Waals surface area (Å²) in [6.07, 6.45) is 5.77. The molecule has 90 valence electrons. The molecule has 2 aromatic heterocycles. The van der Waals surface area contributed by atoms with E-state index in [9.17, 15) is 0 Å². The maximum atomic E-state index is 6.06. The van der Waals surface area contributed by atoms with Gasteiger partial charge in [-0.1, -0.05) is 18.0 Å². The zero-order chi connectivity index (χ0) is 11.7. The van der Waals surface area contributed by atoms with Crippen LogP contribution < -0.4 is 0 Å². The van der Waals surface area contributed by atoms with Crippen molar-refractivity contribution in [3.05, 3.63) is 29.2 Å². The molecule has 0 spiro atoms. The number of aromatic amines is 1. The van der Waals surface area contributed by atoms with E-state index in [4.69, 9.17) is 11.6 Å². The summed E-state index contributed by atoms with van der Waals surface area (Å²) in [4.78, 5) is 9.96. The van der Waals surface area contributed by atoms with Crippen molar-refractivity contribution in [1.29, 1.82) is 0 Å². The molecule has 1 N–H and O–H groups in total. The van der Waals surface area contributed by atoms with Gasteiger partial charge >= 0.3 is 0 Å². The van der Waals surface area contributed by atoms with Crippen molar-refractivity contribution >= 4 is 22.5 Å². The minimum absolute atomic E-state index is 0.562. The normalized spacial score (nSPS) is 17.7. The topological polar surface area (TPSA) is 31.9 Å². The van der Waals surface area contributed by atoms with Crippen LogP contribution in [0, 0.1) is 0 Å². The summed E-state index contributed by atoms with van der Waals surface area (Å²) < 4.78 is 0. The van der Waals surface area contributed by atoms with Crippen molar-refractivity contribution in [2.45, 2.75) is 25.8 Å². The molecule has 4 heteroatoms. The lowest BCUT2D eigenvalue weighted by Crippen LogP contribution is -2.29. The van der Waals surface area contributed by atoms with Crippen molar-refractivity contribution in [2.75, 3.05) is 13.1 Å². The Balaban J connectivity index is 1.83. The third-order valence-electron chi connectivity index (χ3n) is 3.39. The fourth-order valence-electron chi connectivity index (χ4n) is 2.52. The molecule has 0 atom stereocenters. The van der Waals surface area contributed by atoms with E-state index in [2.05, 4.69) is 20.9 Å². The van der Waals surface area contributed by atoms with Gasteiger partial charge in [0.1, 0.15) is 0 Å². The molecule has 0 bridgehead atoms. The summed E-state index contributed by atoms with van der Waals surface area (Å²) >= 11 is 6.06. The van der Waals surface area contributed by atoms with Gasteiger partial charge < -0.3 is 4.98 Å². The average molecular weight is 250 g/mol. The fourth-order valence-corrected chi connectivity index (χ4v) is 2.73. The minimum atomic E-state index is 0.562. The number of hydrogen-bond donors (Lipinski definition) is 1. The summed E-state index contributed by atoms with van der Waals surface area (Å²) in [5, 5.41) is 1.71. The second-order valence-electron chi connectivity index (χ2n) is 4.70. The number of piperidine rings is 1. The first kappa shape index (κ1) is 11.1. The third-order valence-corrected chi connectivity index (χ3v) is 3.68. The minimum Gasteiger partial charge on any atom is -0.355 e. The molecule has 0 unspecified atom stereocenters. The summed E-state index contributed by atoms with van der Waals surface area (Å²) in [5.41, 5.74) is 2.19. The predicted octanol–water partition coefficient (Wildman–Crippen LogP) is 3.20. The number of rotatable bonds is 2. The molecule has 3 heterocycles. The Bertz CT molecular complexity index is 514. The van der Waals surface area contributed by atoms with Crippen LogP contribution in [0.25, 0.3) is 10.9 Å². The van der Waals surface area contributed by atoms with Gasteiger partial charge in [0.15, 0.2) is 5.15 Å². The van der Waals surface area contributed by atoms with Crippen LogP contribution in [0.1, 0.15) is 25.0 Å². The predicted molar refractivity (Wildman–Crippen MR) is 70.2 cm³/mol. The Morgan fingerprint density at radius 1 is 1.29 bits per heavy atom. The van der Waals surface area contributed by atoms with Crippen molar-refractivity contribution in [3.8, 4) is 0 Å². The number of pyridine rings is 1. The summed E-state index contributed by atoms with van der Waals surface area (Å²) in [6.45, 7) is 3.41. The number of nitrogens with one attached hydrogen (secondary N) is 1. The lowest BCUT2D eigenvalue weighted by Gasteiger charge is -2.25. The molecule has 2 aromatic rings. The third kappa shape index (κ3) is 2.31. The summed E-state index contributed by atoms with van der Waals surface area (Å²) in [5.74, 6) is 0. The van der Waals surface area contributed by atoms with Crippen molar-refractivity contribution in [3.63, 3.8) is 0 Å². The molecule has 0 radical (unpaired) electrons. The molecule has 3 nitrogen and oxygen atoms in total. The van der Waals surface area contributed by atoms with E-state index < -0.39 is 0 Å². The maximum Gasteiger partial charge on any atom is 0.153 e. The largest absolute Gasteiger partial charge is 0.355 e. The Morgan fingerprint density at radius 2 is 2.12 bits per heavy atom. The monoisotopic (exact) mass is 249 g/mol. The van der Waals surface area contributed by atoms with Gasteiger partial charge in [0.2, 0.25) is 0 Å². The molecule has 17 heavy (non-hydrogen) atoms. The molecule has 1 aliphatic rings. The second kappa shape index (κ2) is 4.67. The highest BCUT2D eigenvalue weighted by atomic mass is 35.5. The van der Waals surface area contributed by atoms with Crippen LogP contribution in [0.2, 0.25) is 5.15 Å². The van der Waals surface area contributed by atoms with E-state index in [0.717, 1.165) is 17.4 Å². The van der Waals surface area contributed by atoms with Crippen LogP contribution in [0.5, 0.6) is 0 Å². The van der Waals surface area contributed by atoms with Crippen LogP contribution in [0.15, 0.2) is 18.3 Å². The first-order chi connectivity index (χ1) is 8.33. The van der Waals surface area contributed by atoms with Crippen LogP contribution in [0.4, 0.5) is 0 Å². The fraction of sp³-hybridized carbons (Fsp3) is 0.462. The highest BCUT2D eigenvalue weighted by Gasteiger charge is 2.12. The van der Waals surface area contributed by atoms with E-state index in [1.165, 1.54) is 38.0 Å². The van der Waals surface area contributed by atoms with Crippen LogP contribution in [0.3, 0.4) is 0 Å². The number of likely N-dealkylation sites (tertiary alicyclic amines) is 1. The summed E-state index contributed by atoms with van der Waals surface area (Å²) in [7, 11) is 0. The molecule has 3 rings (SSSR count). The summed E-state index contributed by atoms with van der Waals surface area (Å²) in [6, 6.07) is 4.18. The molecular weight excluding hydrogens is 234 g/mol. The van der Waals surface area contributed by atoms with E-state index in [1.807, 2.05) is 6.07 Å². The number of aromatic nitrogens is 2. The quantitative estimate of drug-likeness (QED) is 0.829. The van der Waals surface area contributed by atoms with Gasteiger partial charge in [-0.3, -0.25) is 4.90 Å². The first-order valence-electron chi connectivity index (χ1n) is 6.17. The van der Waals surface area contributed by atoms with Crippen molar-refractivity contribution in [1.82, 2.24) is 14.9 Å². The van der Waals surface area contributed by atoms with Gasteiger partial charge in [0.25, 0.3) is 0 Å². The van der Waals surface area contributed by atoms with Gasteiger partial charge in [0, 0.05) is 23.8 Å². The number of hydrogen-bond acceptors (Lipinski definition) is 2. The van der Waals surface area contributed by atoms with Gasteiger partial charge in [0.05, 0.1) is 5.52 Å². The molecule has 0 saturated carbocycles. The van der Waals surface area contributed by atoms with Crippen molar-refractivity contribution in [2.24, 2.45) is 0 Å².